The van der Waals surface area contributed by atoms with Crippen molar-refractivity contribution in [3.05, 3.63) is 107 Å². The van der Waals surface area contributed by atoms with Crippen molar-refractivity contribution in [3.8, 4) is 0 Å². The molecule has 0 aliphatic carbocycles. The molecule has 7 heteroatoms. The van der Waals surface area contributed by atoms with Gasteiger partial charge in [0.25, 0.3) is 5.91 Å². The molecule has 42 heavy (non-hydrogen) atoms. The fourth-order valence-corrected chi connectivity index (χ4v) is 6.57. The van der Waals surface area contributed by atoms with E-state index < -0.39 is 6.29 Å². The van der Waals surface area contributed by atoms with Crippen molar-refractivity contribution >= 4 is 5.91 Å². The number of ether oxygens (including phenoxy) is 2. The number of amides is 1. The number of nitrogens with one attached hydrogen (secondary N) is 1. The topological polar surface area (TPSA) is 74.3 Å². The van der Waals surface area contributed by atoms with E-state index in [4.69, 9.17) is 9.47 Å². The van der Waals surface area contributed by atoms with Crippen LogP contribution in [0.4, 0.5) is 0 Å². The predicted molar refractivity (Wildman–Crippen MR) is 163 cm³/mol. The molecule has 0 unspecified atom stereocenters. The summed E-state index contributed by atoms with van der Waals surface area (Å²) in [5.74, 6) is -0.0820. The molecular weight excluding hydrogens is 526 g/mol. The number of carbonyl (C=O) groups excluding carboxylic acids is 1. The molecule has 3 saturated heterocycles. The van der Waals surface area contributed by atoms with Gasteiger partial charge in [-0.15, -0.1) is 0 Å². The molecule has 222 valence electrons. The molecule has 3 aliphatic rings. The number of rotatable bonds is 10. The van der Waals surface area contributed by atoms with Crippen LogP contribution in [0, 0.1) is 0 Å². The van der Waals surface area contributed by atoms with Gasteiger partial charge in [-0.05, 0) is 74.1 Å². The Morgan fingerprint density at radius 2 is 1.52 bits per heavy atom. The molecular formula is C35H43N3O4. The molecule has 3 aromatic carbocycles. The zero-order valence-electron chi connectivity index (χ0n) is 24.4. The highest BCUT2D eigenvalue weighted by Crippen LogP contribution is 2.39. The molecule has 7 nitrogen and oxygen atoms in total. The summed E-state index contributed by atoms with van der Waals surface area (Å²) in [6.07, 6.45) is 5.45. The Kier molecular flexibility index (Phi) is 9.63. The summed E-state index contributed by atoms with van der Waals surface area (Å²) in [6, 6.07) is 26.1. The van der Waals surface area contributed by atoms with E-state index in [0.717, 1.165) is 41.8 Å². The van der Waals surface area contributed by atoms with Crippen molar-refractivity contribution < 1.29 is 19.4 Å². The number of hydrogen-bond donors (Lipinski definition) is 2. The van der Waals surface area contributed by atoms with E-state index >= 15 is 0 Å². The van der Waals surface area contributed by atoms with Gasteiger partial charge in [0.05, 0.1) is 18.8 Å². The highest BCUT2D eigenvalue weighted by Gasteiger charge is 2.36. The minimum atomic E-state index is -0.473. The average Bonchev–Trinajstić information content (AvgIpc) is 3.73. The van der Waals surface area contributed by atoms with E-state index in [1.807, 2.05) is 54.6 Å². The molecule has 0 saturated carbocycles. The molecule has 6 rings (SSSR count). The van der Waals surface area contributed by atoms with Gasteiger partial charge >= 0.3 is 0 Å². The molecule has 1 amide bonds. The van der Waals surface area contributed by atoms with Crippen LogP contribution in [0.5, 0.6) is 0 Å². The zero-order chi connectivity index (χ0) is 28.7. The van der Waals surface area contributed by atoms with Crippen LogP contribution in [0.25, 0.3) is 0 Å². The SMILES string of the molecule is O=C(NCc1ccc([C@@H]2O[C@H](CN3CCC[C@H]3CN3CCCC3)C[C@H](c3ccc(CO)cc3)O2)cc1)c1ccccc1. The minimum absolute atomic E-state index is 0.0334. The van der Waals surface area contributed by atoms with Gasteiger partial charge in [-0.25, -0.2) is 0 Å². The second kappa shape index (κ2) is 13.9. The van der Waals surface area contributed by atoms with Crippen LogP contribution in [-0.4, -0.2) is 65.7 Å². The number of nitrogens with zero attached hydrogens (tertiary/aromatic N) is 2. The van der Waals surface area contributed by atoms with Crippen LogP contribution in [0.3, 0.4) is 0 Å². The molecule has 4 atom stereocenters. The summed E-state index contributed by atoms with van der Waals surface area (Å²) in [5, 5.41) is 12.5. The normalized spacial score (nSPS) is 25.1. The Bertz CT molecular complexity index is 1280. The Morgan fingerprint density at radius 1 is 0.810 bits per heavy atom. The Balaban J connectivity index is 1.13. The minimum Gasteiger partial charge on any atom is -0.392 e. The quantitative estimate of drug-likeness (QED) is 0.349. The van der Waals surface area contributed by atoms with Crippen molar-refractivity contribution in [3.63, 3.8) is 0 Å². The first-order valence-corrected chi connectivity index (χ1v) is 15.5. The first-order chi connectivity index (χ1) is 20.6. The number of carbonyl (C=O) groups is 1. The van der Waals surface area contributed by atoms with E-state index in [0.29, 0.717) is 18.2 Å². The van der Waals surface area contributed by atoms with Crippen LogP contribution < -0.4 is 5.32 Å². The van der Waals surface area contributed by atoms with E-state index in [1.165, 1.54) is 45.3 Å². The average molecular weight is 570 g/mol. The molecule has 0 aromatic heterocycles. The van der Waals surface area contributed by atoms with Crippen molar-refractivity contribution in [2.75, 3.05) is 32.7 Å². The van der Waals surface area contributed by atoms with Crippen molar-refractivity contribution in [1.82, 2.24) is 15.1 Å². The fraction of sp³-hybridized carbons (Fsp3) is 0.457. The Labute approximate surface area is 249 Å². The van der Waals surface area contributed by atoms with Crippen molar-refractivity contribution in [1.29, 1.82) is 0 Å². The Morgan fingerprint density at radius 3 is 2.26 bits per heavy atom. The summed E-state index contributed by atoms with van der Waals surface area (Å²) >= 11 is 0. The maximum Gasteiger partial charge on any atom is 0.251 e. The summed E-state index contributed by atoms with van der Waals surface area (Å²) in [7, 11) is 0. The first kappa shape index (κ1) is 29.0. The van der Waals surface area contributed by atoms with Crippen LogP contribution >= 0.6 is 0 Å². The summed E-state index contributed by atoms with van der Waals surface area (Å²) in [5.41, 5.74) is 4.66. The smallest absolute Gasteiger partial charge is 0.251 e. The van der Waals surface area contributed by atoms with Crippen LogP contribution in [0.1, 0.15) is 77.1 Å². The number of likely N-dealkylation sites (tertiary alicyclic amines) is 2. The Hall–Kier alpha value is -3.07. The van der Waals surface area contributed by atoms with E-state index in [-0.39, 0.29) is 24.7 Å². The standard InChI is InChI=1S/C35H43N3O4/c39-25-27-12-14-28(15-13-27)33-21-32(24-38-20-6-9-31(38)23-37-18-4-5-19-37)41-35(42-33)30-16-10-26(11-17-30)22-36-34(40)29-7-2-1-3-8-29/h1-3,7-8,10-17,31-33,35,39H,4-6,9,18-25H2,(H,36,40)/t31-,32-,33+,35+/m0/s1. The highest BCUT2D eigenvalue weighted by atomic mass is 16.7. The summed E-state index contributed by atoms with van der Waals surface area (Å²) < 4.78 is 13.2. The molecule has 3 fully saturated rings. The summed E-state index contributed by atoms with van der Waals surface area (Å²) in [4.78, 5) is 17.7. The third-order valence-electron chi connectivity index (χ3n) is 8.96. The number of benzene rings is 3. The maximum absolute atomic E-state index is 12.5. The monoisotopic (exact) mass is 569 g/mol. The van der Waals surface area contributed by atoms with Gasteiger partial charge in [0, 0.05) is 43.2 Å². The lowest BCUT2D eigenvalue weighted by Crippen LogP contribution is -2.45. The van der Waals surface area contributed by atoms with Crippen molar-refractivity contribution in [2.24, 2.45) is 0 Å². The number of aliphatic hydroxyl groups is 1. The van der Waals surface area contributed by atoms with Gasteiger partial charge in [0.2, 0.25) is 0 Å². The van der Waals surface area contributed by atoms with E-state index in [9.17, 15) is 9.90 Å². The fourth-order valence-electron chi connectivity index (χ4n) is 6.57. The third-order valence-corrected chi connectivity index (χ3v) is 8.96. The lowest BCUT2D eigenvalue weighted by molar-refractivity contribution is -0.253. The van der Waals surface area contributed by atoms with Crippen LogP contribution in [0.2, 0.25) is 0 Å². The largest absolute Gasteiger partial charge is 0.392 e. The van der Waals surface area contributed by atoms with Gasteiger partial charge in [-0.2, -0.15) is 0 Å². The molecule has 2 N–H and O–H groups in total. The molecule has 0 bridgehead atoms. The predicted octanol–water partition coefficient (Wildman–Crippen LogP) is 5.21. The van der Waals surface area contributed by atoms with Gasteiger partial charge in [-0.1, -0.05) is 66.7 Å². The molecule has 3 heterocycles. The second-order valence-electron chi connectivity index (χ2n) is 11.9. The number of aliphatic hydroxyl groups excluding tert-OH is 1. The lowest BCUT2D eigenvalue weighted by atomic mass is 9.99. The van der Waals surface area contributed by atoms with Crippen LogP contribution in [0.15, 0.2) is 78.9 Å². The van der Waals surface area contributed by atoms with Gasteiger partial charge in [0.1, 0.15) is 0 Å². The lowest BCUT2D eigenvalue weighted by Gasteiger charge is -2.39. The zero-order valence-corrected chi connectivity index (χ0v) is 24.4. The summed E-state index contributed by atoms with van der Waals surface area (Å²) in [6.45, 7) is 6.16. The molecule has 3 aromatic rings. The molecule has 3 aliphatic heterocycles. The molecule has 0 spiro atoms. The highest BCUT2D eigenvalue weighted by molar-refractivity contribution is 5.94. The van der Waals surface area contributed by atoms with E-state index in [2.05, 4.69) is 39.4 Å². The second-order valence-corrected chi connectivity index (χ2v) is 11.9. The third kappa shape index (κ3) is 7.28. The van der Waals surface area contributed by atoms with Crippen LogP contribution in [-0.2, 0) is 22.6 Å². The van der Waals surface area contributed by atoms with Gasteiger partial charge in [-0.3, -0.25) is 9.69 Å². The van der Waals surface area contributed by atoms with E-state index in [1.54, 1.807) is 0 Å². The van der Waals surface area contributed by atoms with Gasteiger partial charge in [0.15, 0.2) is 6.29 Å². The molecule has 0 radical (unpaired) electrons. The number of hydrogen-bond acceptors (Lipinski definition) is 6. The van der Waals surface area contributed by atoms with Gasteiger partial charge < -0.3 is 24.8 Å². The van der Waals surface area contributed by atoms with Crippen molar-refractivity contribution in [2.45, 2.75) is 69.8 Å². The first-order valence-electron chi connectivity index (χ1n) is 15.5. The maximum atomic E-state index is 12.5.